The van der Waals surface area contributed by atoms with Gasteiger partial charge in [0.15, 0.2) is 0 Å². The molecule has 0 fully saturated rings. The van der Waals surface area contributed by atoms with E-state index in [1.807, 2.05) is 54.6 Å². The maximum atomic E-state index is 13.2. The van der Waals surface area contributed by atoms with E-state index in [2.05, 4.69) is 15.9 Å². The van der Waals surface area contributed by atoms with E-state index < -0.39 is 0 Å². The van der Waals surface area contributed by atoms with Gasteiger partial charge in [0.25, 0.3) is 11.5 Å². The molecule has 1 heterocycles. The molecule has 3 aromatic rings. The monoisotopic (exact) mass is 422 g/mol. The minimum Gasteiger partial charge on any atom is -0.336 e. The normalized spacial score (nSPS) is 11.3. The summed E-state index contributed by atoms with van der Waals surface area (Å²) in [6.07, 6.45) is 3.34. The zero-order chi connectivity index (χ0) is 19.2. The van der Waals surface area contributed by atoms with E-state index in [9.17, 15) is 9.59 Å². The predicted molar refractivity (Wildman–Crippen MR) is 112 cm³/mol. The first-order valence-electron chi connectivity index (χ1n) is 8.49. The maximum Gasteiger partial charge on any atom is 0.270 e. The van der Waals surface area contributed by atoms with Crippen molar-refractivity contribution in [2.45, 2.75) is 6.54 Å². The van der Waals surface area contributed by atoms with Gasteiger partial charge in [-0.1, -0.05) is 64.5 Å². The molecular formula is C22H19BrN2O2. The lowest BCUT2D eigenvalue weighted by molar-refractivity contribution is -0.124. The summed E-state index contributed by atoms with van der Waals surface area (Å²) in [5.74, 6) is -0.230. The highest BCUT2D eigenvalue weighted by molar-refractivity contribution is 9.10. The van der Waals surface area contributed by atoms with Crippen LogP contribution in [0.4, 0.5) is 0 Å². The van der Waals surface area contributed by atoms with E-state index in [1.54, 1.807) is 36.4 Å². The molecule has 3 rings (SSSR count). The van der Waals surface area contributed by atoms with Gasteiger partial charge in [0.05, 0.1) is 0 Å². The number of hydrogen-bond acceptors (Lipinski definition) is 2. The van der Waals surface area contributed by atoms with Crippen molar-refractivity contribution in [3.63, 3.8) is 0 Å². The molecule has 0 bridgehead atoms. The second-order valence-corrected chi connectivity index (χ2v) is 7.06. The number of nitrogens with zero attached hydrogens (tertiary/aromatic N) is 2. The van der Waals surface area contributed by atoms with E-state index in [-0.39, 0.29) is 11.5 Å². The average Bonchev–Trinajstić information content (AvgIpc) is 2.67. The van der Waals surface area contributed by atoms with E-state index in [4.69, 9.17) is 0 Å². The van der Waals surface area contributed by atoms with Gasteiger partial charge >= 0.3 is 0 Å². The molecule has 0 aliphatic carbocycles. The highest BCUT2D eigenvalue weighted by Gasteiger charge is 2.18. The van der Waals surface area contributed by atoms with Crippen molar-refractivity contribution < 1.29 is 4.79 Å². The van der Waals surface area contributed by atoms with Crippen LogP contribution in [0.5, 0.6) is 0 Å². The van der Waals surface area contributed by atoms with E-state index in [0.717, 1.165) is 15.6 Å². The Hall–Kier alpha value is -2.92. The van der Waals surface area contributed by atoms with Crippen LogP contribution in [0.25, 0.3) is 11.8 Å². The Morgan fingerprint density at radius 1 is 1.04 bits per heavy atom. The van der Waals surface area contributed by atoms with Gasteiger partial charge < -0.3 is 4.90 Å². The predicted octanol–water partition coefficient (Wildman–Crippen LogP) is 4.27. The molecule has 5 heteroatoms. The van der Waals surface area contributed by atoms with Gasteiger partial charge in [-0.25, -0.2) is 0 Å². The van der Waals surface area contributed by atoms with Crippen LogP contribution in [-0.2, 0) is 11.3 Å². The van der Waals surface area contributed by atoms with Crippen molar-refractivity contribution in [1.29, 1.82) is 0 Å². The Kier molecular flexibility index (Phi) is 6.04. The summed E-state index contributed by atoms with van der Waals surface area (Å²) >= 11 is 3.44. The van der Waals surface area contributed by atoms with Crippen LogP contribution in [0.2, 0.25) is 0 Å². The number of carbonyl (C=O) groups excluding carboxylic acids is 1. The summed E-state index contributed by atoms with van der Waals surface area (Å²) in [4.78, 5) is 27.1. The molecular weight excluding hydrogens is 404 g/mol. The SMILES string of the molecule is CN(Cc1ccccc1)C(=O)/C(=C\c1cccc(Br)c1)n1ccccc1=O. The van der Waals surface area contributed by atoms with E-state index in [0.29, 0.717) is 12.2 Å². The molecule has 0 radical (unpaired) electrons. The number of halogens is 1. The zero-order valence-electron chi connectivity index (χ0n) is 14.9. The number of pyridine rings is 1. The molecule has 136 valence electrons. The third kappa shape index (κ3) is 4.83. The standard InChI is InChI=1S/C22H19BrN2O2/c1-24(16-17-8-3-2-4-9-17)22(27)20(25-13-6-5-12-21(25)26)15-18-10-7-11-19(23)14-18/h2-15H,16H2,1H3/b20-15+. The van der Waals surface area contributed by atoms with Gasteiger partial charge in [0.2, 0.25) is 0 Å². The number of amides is 1. The second-order valence-electron chi connectivity index (χ2n) is 6.14. The molecule has 1 aromatic heterocycles. The number of rotatable bonds is 5. The molecule has 4 nitrogen and oxygen atoms in total. The molecule has 0 atom stereocenters. The molecule has 0 saturated heterocycles. The molecule has 0 saturated carbocycles. The van der Waals surface area contributed by atoms with Gasteiger partial charge in [-0.05, 0) is 35.4 Å². The van der Waals surface area contributed by atoms with Crippen molar-refractivity contribution in [2.75, 3.05) is 7.05 Å². The number of aromatic nitrogens is 1. The van der Waals surface area contributed by atoms with Crippen LogP contribution in [0.1, 0.15) is 11.1 Å². The summed E-state index contributed by atoms with van der Waals surface area (Å²) in [6.45, 7) is 0.455. The minimum absolute atomic E-state index is 0.230. The lowest BCUT2D eigenvalue weighted by Crippen LogP contribution is -2.32. The van der Waals surface area contributed by atoms with Gasteiger partial charge in [-0.15, -0.1) is 0 Å². The molecule has 1 amide bonds. The fourth-order valence-electron chi connectivity index (χ4n) is 2.74. The molecule has 0 spiro atoms. The third-order valence-electron chi connectivity index (χ3n) is 4.06. The number of likely N-dealkylation sites (N-methyl/N-ethyl adjacent to an activating group) is 1. The van der Waals surface area contributed by atoms with Crippen LogP contribution in [0.15, 0.2) is 88.3 Å². The fourth-order valence-corrected chi connectivity index (χ4v) is 3.16. The Bertz CT molecular complexity index is 1030. The molecule has 0 N–H and O–H groups in total. The Morgan fingerprint density at radius 3 is 2.48 bits per heavy atom. The Balaban J connectivity index is 2.00. The third-order valence-corrected chi connectivity index (χ3v) is 4.56. The van der Waals surface area contributed by atoms with Crippen molar-refractivity contribution in [3.8, 4) is 0 Å². The van der Waals surface area contributed by atoms with Crippen LogP contribution in [0.3, 0.4) is 0 Å². The van der Waals surface area contributed by atoms with Crippen LogP contribution >= 0.6 is 15.9 Å². The van der Waals surface area contributed by atoms with E-state index in [1.165, 1.54) is 10.6 Å². The van der Waals surface area contributed by atoms with Crippen LogP contribution in [0, 0.1) is 0 Å². The fraction of sp³-hybridized carbons (Fsp3) is 0.0909. The van der Waals surface area contributed by atoms with Gasteiger partial charge in [0.1, 0.15) is 5.70 Å². The van der Waals surface area contributed by atoms with Crippen LogP contribution in [-0.4, -0.2) is 22.4 Å². The van der Waals surface area contributed by atoms with Crippen molar-refractivity contribution >= 4 is 33.6 Å². The summed E-state index contributed by atoms with van der Waals surface area (Å²) < 4.78 is 2.28. The number of benzene rings is 2. The highest BCUT2D eigenvalue weighted by Crippen LogP contribution is 2.18. The topological polar surface area (TPSA) is 42.3 Å². The summed E-state index contributed by atoms with van der Waals surface area (Å²) in [6, 6.07) is 22.2. The molecule has 2 aromatic carbocycles. The lowest BCUT2D eigenvalue weighted by Gasteiger charge is -2.20. The smallest absolute Gasteiger partial charge is 0.270 e. The first-order chi connectivity index (χ1) is 13.0. The Labute approximate surface area is 166 Å². The number of hydrogen-bond donors (Lipinski definition) is 0. The second kappa shape index (κ2) is 8.64. The number of carbonyl (C=O) groups is 1. The first-order valence-corrected chi connectivity index (χ1v) is 9.28. The van der Waals surface area contributed by atoms with Crippen molar-refractivity contribution in [3.05, 3.63) is 105 Å². The minimum atomic E-state index is -0.250. The lowest BCUT2D eigenvalue weighted by atomic mass is 10.1. The van der Waals surface area contributed by atoms with Crippen molar-refractivity contribution in [1.82, 2.24) is 9.47 Å². The maximum absolute atomic E-state index is 13.2. The Morgan fingerprint density at radius 2 is 1.78 bits per heavy atom. The highest BCUT2D eigenvalue weighted by atomic mass is 79.9. The average molecular weight is 423 g/mol. The summed E-state index contributed by atoms with van der Waals surface area (Å²) in [7, 11) is 1.73. The summed E-state index contributed by atoms with van der Waals surface area (Å²) in [5, 5.41) is 0. The quantitative estimate of drug-likeness (QED) is 0.576. The molecule has 0 aliphatic heterocycles. The zero-order valence-corrected chi connectivity index (χ0v) is 16.5. The van der Waals surface area contributed by atoms with Crippen LogP contribution < -0.4 is 5.56 Å². The van der Waals surface area contributed by atoms with E-state index >= 15 is 0 Å². The summed E-state index contributed by atoms with van der Waals surface area (Å²) in [5.41, 5.74) is 1.91. The van der Waals surface area contributed by atoms with Crippen molar-refractivity contribution in [2.24, 2.45) is 0 Å². The first kappa shape index (κ1) is 18.9. The largest absolute Gasteiger partial charge is 0.336 e. The van der Waals surface area contributed by atoms with Gasteiger partial charge in [-0.2, -0.15) is 0 Å². The van der Waals surface area contributed by atoms with Gasteiger partial charge in [-0.3, -0.25) is 14.2 Å². The van der Waals surface area contributed by atoms with Gasteiger partial charge in [0, 0.05) is 30.3 Å². The molecule has 0 unspecified atom stereocenters. The molecule has 27 heavy (non-hydrogen) atoms. The molecule has 0 aliphatic rings.